The second-order valence-corrected chi connectivity index (χ2v) is 8.68. The van der Waals surface area contributed by atoms with Crippen LogP contribution < -0.4 is 15.6 Å². The fourth-order valence-corrected chi connectivity index (χ4v) is 3.50. The van der Waals surface area contributed by atoms with Crippen LogP contribution in [0.4, 0.5) is 5.82 Å². The molecule has 1 aromatic carbocycles. The molecule has 0 saturated carbocycles. The highest BCUT2D eigenvalue weighted by Gasteiger charge is 2.21. The highest BCUT2D eigenvalue weighted by Crippen LogP contribution is 2.29. The summed E-state index contributed by atoms with van der Waals surface area (Å²) in [5, 5.41) is 3.23. The van der Waals surface area contributed by atoms with Gasteiger partial charge in [-0.15, -0.1) is 0 Å². The smallest absolute Gasteiger partial charge is 0.308 e. The monoisotopic (exact) mass is 458 g/mol. The topological polar surface area (TPSA) is 95.3 Å². The molecule has 3 aromatic rings. The van der Waals surface area contributed by atoms with Gasteiger partial charge in [-0.2, -0.15) is 0 Å². The van der Waals surface area contributed by atoms with Gasteiger partial charge in [0.15, 0.2) is 11.5 Å². The van der Waals surface area contributed by atoms with Gasteiger partial charge in [0.2, 0.25) is 0 Å². The van der Waals surface area contributed by atoms with Crippen LogP contribution in [0.25, 0.3) is 11.2 Å². The highest BCUT2D eigenvalue weighted by atomic mass is 35.5. The number of methoxy groups -OCH3 is 1. The minimum Gasteiger partial charge on any atom is -0.496 e. The number of fused-ring (bicyclic) bond motifs is 1. The Kier molecular flexibility index (Phi) is 7.03. The first-order chi connectivity index (χ1) is 15.1. The molecular weight excluding hydrogens is 432 g/mol. The zero-order chi connectivity index (χ0) is 23.5. The molecule has 0 unspecified atom stereocenters. The number of ether oxygens (including phenoxy) is 2. The second kappa shape index (κ2) is 9.56. The van der Waals surface area contributed by atoms with Gasteiger partial charge < -0.3 is 14.8 Å². The van der Waals surface area contributed by atoms with Gasteiger partial charge in [0.1, 0.15) is 22.0 Å². The molecule has 2 aromatic heterocycles. The summed E-state index contributed by atoms with van der Waals surface area (Å²) in [6.45, 7) is 7.50. The Bertz CT molecular complexity index is 1190. The Labute approximate surface area is 191 Å². The summed E-state index contributed by atoms with van der Waals surface area (Å²) in [7, 11) is 1.58. The lowest BCUT2D eigenvalue weighted by molar-refractivity contribution is -0.154. The predicted molar refractivity (Wildman–Crippen MR) is 125 cm³/mol. The molecule has 0 spiro atoms. The summed E-state index contributed by atoms with van der Waals surface area (Å²) in [6.07, 6.45) is 0.0946. The van der Waals surface area contributed by atoms with Crippen LogP contribution >= 0.6 is 11.6 Å². The second-order valence-electron chi connectivity index (χ2n) is 8.29. The van der Waals surface area contributed by atoms with Crippen molar-refractivity contribution in [2.45, 2.75) is 45.8 Å². The third-order valence-corrected chi connectivity index (χ3v) is 4.93. The Morgan fingerprint density at radius 1 is 1.19 bits per heavy atom. The van der Waals surface area contributed by atoms with Crippen molar-refractivity contribution in [1.82, 2.24) is 14.5 Å². The molecule has 0 aliphatic rings. The molecule has 0 aliphatic heterocycles. The van der Waals surface area contributed by atoms with Crippen LogP contribution in [0.1, 0.15) is 45.7 Å². The third kappa shape index (κ3) is 5.37. The SMILES string of the molecule is COc1ccccc1[C@H](C)n1c(=O)c(NCCC(=O)OC(C)(C)C)nc2ccc(Cl)nc21. The van der Waals surface area contributed by atoms with Crippen molar-refractivity contribution in [3.8, 4) is 5.75 Å². The first kappa shape index (κ1) is 23.5. The molecule has 0 aliphatic carbocycles. The summed E-state index contributed by atoms with van der Waals surface area (Å²) in [4.78, 5) is 34.2. The van der Waals surface area contributed by atoms with Crippen LogP contribution in [0.3, 0.4) is 0 Å². The summed E-state index contributed by atoms with van der Waals surface area (Å²) >= 11 is 6.12. The molecular formula is C23H27ClN4O4. The average molecular weight is 459 g/mol. The quantitative estimate of drug-likeness (QED) is 0.418. The Balaban J connectivity index is 2.00. The number of anilines is 1. The molecule has 0 bridgehead atoms. The molecule has 32 heavy (non-hydrogen) atoms. The Hall–Kier alpha value is -3.13. The van der Waals surface area contributed by atoms with Gasteiger partial charge in [0.25, 0.3) is 5.56 Å². The average Bonchev–Trinajstić information content (AvgIpc) is 2.72. The number of esters is 1. The van der Waals surface area contributed by atoms with Crippen LogP contribution in [0, 0.1) is 0 Å². The largest absolute Gasteiger partial charge is 0.496 e. The summed E-state index contributed by atoms with van der Waals surface area (Å²) in [5.74, 6) is 0.409. The van der Waals surface area contributed by atoms with Crippen molar-refractivity contribution in [1.29, 1.82) is 0 Å². The molecule has 0 radical (unpaired) electrons. The van der Waals surface area contributed by atoms with Crippen molar-refractivity contribution in [3.63, 3.8) is 0 Å². The molecule has 2 heterocycles. The number of carbonyl (C=O) groups excluding carboxylic acids is 1. The number of halogens is 1. The highest BCUT2D eigenvalue weighted by molar-refractivity contribution is 6.29. The lowest BCUT2D eigenvalue weighted by Crippen LogP contribution is -2.30. The first-order valence-corrected chi connectivity index (χ1v) is 10.7. The number of nitrogens with one attached hydrogen (secondary N) is 1. The van der Waals surface area contributed by atoms with Gasteiger partial charge in [-0.3, -0.25) is 14.2 Å². The van der Waals surface area contributed by atoms with Crippen molar-refractivity contribution in [3.05, 3.63) is 57.5 Å². The molecule has 1 atom stereocenters. The predicted octanol–water partition coefficient (Wildman–Crippen LogP) is 4.21. The zero-order valence-corrected chi connectivity index (χ0v) is 19.6. The van der Waals surface area contributed by atoms with E-state index >= 15 is 0 Å². The van der Waals surface area contributed by atoms with Crippen LogP contribution in [-0.2, 0) is 9.53 Å². The standard InChI is InChI=1S/C23H27ClN4O4/c1-14(15-8-6-7-9-17(15)31-5)28-21-16(10-11-18(24)27-21)26-20(22(28)30)25-13-12-19(29)32-23(2,3)4/h6-11,14H,12-13H2,1-5H3,(H,25,26)/t14-/m0/s1. The Morgan fingerprint density at radius 3 is 2.59 bits per heavy atom. The van der Waals surface area contributed by atoms with E-state index in [2.05, 4.69) is 15.3 Å². The molecule has 0 fully saturated rings. The maximum Gasteiger partial charge on any atom is 0.308 e. The van der Waals surface area contributed by atoms with Gasteiger partial charge in [-0.1, -0.05) is 29.8 Å². The molecule has 9 heteroatoms. The number of carbonyl (C=O) groups is 1. The van der Waals surface area contributed by atoms with E-state index in [1.165, 1.54) is 4.57 Å². The van der Waals surface area contributed by atoms with Crippen LogP contribution in [0.5, 0.6) is 5.75 Å². The van der Waals surface area contributed by atoms with E-state index in [-0.39, 0.29) is 35.5 Å². The van der Waals surface area contributed by atoms with E-state index < -0.39 is 11.6 Å². The van der Waals surface area contributed by atoms with E-state index in [1.807, 2.05) is 31.2 Å². The maximum absolute atomic E-state index is 13.4. The van der Waals surface area contributed by atoms with Crippen LogP contribution in [0.2, 0.25) is 5.15 Å². The minimum atomic E-state index is -0.569. The van der Waals surface area contributed by atoms with E-state index in [9.17, 15) is 9.59 Å². The lowest BCUT2D eigenvalue weighted by Gasteiger charge is -2.21. The van der Waals surface area contributed by atoms with Crippen LogP contribution in [-0.4, -0.2) is 39.8 Å². The van der Waals surface area contributed by atoms with Crippen molar-refractivity contribution in [2.24, 2.45) is 0 Å². The van der Waals surface area contributed by atoms with Crippen LogP contribution in [0.15, 0.2) is 41.2 Å². The number of hydrogen-bond donors (Lipinski definition) is 1. The van der Waals surface area contributed by atoms with Gasteiger partial charge >= 0.3 is 5.97 Å². The summed E-state index contributed by atoms with van der Waals surface area (Å²) in [6, 6.07) is 10.4. The normalized spacial score (nSPS) is 12.4. The lowest BCUT2D eigenvalue weighted by atomic mass is 10.1. The number of aromatic nitrogens is 3. The fourth-order valence-electron chi connectivity index (χ4n) is 3.36. The summed E-state index contributed by atoms with van der Waals surface area (Å²) < 4.78 is 12.3. The first-order valence-electron chi connectivity index (χ1n) is 10.3. The van der Waals surface area contributed by atoms with Gasteiger partial charge in [0, 0.05) is 12.1 Å². The molecule has 0 amide bonds. The molecule has 0 saturated heterocycles. The van der Waals surface area contributed by atoms with E-state index in [0.717, 1.165) is 5.56 Å². The Morgan fingerprint density at radius 2 is 1.91 bits per heavy atom. The van der Waals surface area contributed by atoms with Gasteiger partial charge in [-0.25, -0.2) is 9.97 Å². The number of hydrogen-bond acceptors (Lipinski definition) is 7. The fraction of sp³-hybridized carbons (Fsp3) is 0.391. The molecule has 8 nitrogen and oxygen atoms in total. The van der Waals surface area contributed by atoms with Crippen molar-refractivity contribution >= 4 is 34.6 Å². The van der Waals surface area contributed by atoms with E-state index in [0.29, 0.717) is 16.9 Å². The number of para-hydroxylation sites is 1. The summed E-state index contributed by atoms with van der Waals surface area (Å²) in [5.41, 5.74) is 0.718. The number of pyridine rings is 1. The third-order valence-electron chi connectivity index (χ3n) is 4.72. The molecule has 1 N–H and O–H groups in total. The number of nitrogens with zero attached hydrogens (tertiary/aromatic N) is 3. The minimum absolute atomic E-state index is 0.0946. The number of rotatable bonds is 7. The van der Waals surface area contributed by atoms with E-state index in [4.69, 9.17) is 21.1 Å². The zero-order valence-electron chi connectivity index (χ0n) is 18.8. The molecule has 3 rings (SSSR count). The number of benzene rings is 1. The maximum atomic E-state index is 13.4. The van der Waals surface area contributed by atoms with Gasteiger partial charge in [0.05, 0.1) is 19.6 Å². The van der Waals surface area contributed by atoms with Gasteiger partial charge in [-0.05, 0) is 45.9 Å². The van der Waals surface area contributed by atoms with E-state index in [1.54, 1.807) is 40.0 Å². The van der Waals surface area contributed by atoms with Crippen molar-refractivity contribution < 1.29 is 14.3 Å². The molecule has 170 valence electrons. The van der Waals surface area contributed by atoms with Crippen molar-refractivity contribution in [2.75, 3.05) is 19.0 Å².